The number of rotatable bonds is 8. The molecule has 3 aromatic rings. The van der Waals surface area contributed by atoms with Crippen molar-refractivity contribution in [1.29, 1.82) is 0 Å². The fraction of sp³-hybridized carbons (Fsp3) is 0.214. The van der Waals surface area contributed by atoms with E-state index in [0.29, 0.717) is 34.7 Å². The van der Waals surface area contributed by atoms with Crippen molar-refractivity contribution >= 4 is 50.5 Å². The van der Waals surface area contributed by atoms with Crippen LogP contribution < -0.4 is 14.2 Å². The number of aliphatic imine (C=N–C) groups is 1. The number of nitrogens with zero attached hydrogens (tertiary/aromatic N) is 2. The molecule has 8 heteroatoms. The van der Waals surface area contributed by atoms with Crippen molar-refractivity contribution in [3.63, 3.8) is 0 Å². The molecular formula is C28H27BrN2O4S. The van der Waals surface area contributed by atoms with Gasteiger partial charge in [0.15, 0.2) is 16.7 Å². The quantitative estimate of drug-likeness (QED) is 0.275. The number of hydrogen-bond acceptors (Lipinski definition) is 6. The summed E-state index contributed by atoms with van der Waals surface area (Å²) in [5.74, 6) is 1.88. The Balaban J connectivity index is 1.58. The molecule has 0 unspecified atom stereocenters. The molecule has 0 atom stereocenters. The van der Waals surface area contributed by atoms with Crippen LogP contribution in [-0.2, 0) is 11.4 Å². The first kappa shape index (κ1) is 25.9. The fourth-order valence-corrected chi connectivity index (χ4v) is 5.17. The van der Waals surface area contributed by atoms with Crippen LogP contribution in [0.5, 0.6) is 17.2 Å². The van der Waals surface area contributed by atoms with Crippen LogP contribution in [0.3, 0.4) is 0 Å². The minimum atomic E-state index is -0.0830. The van der Waals surface area contributed by atoms with E-state index < -0.39 is 0 Å². The zero-order valence-corrected chi connectivity index (χ0v) is 23.0. The van der Waals surface area contributed by atoms with Gasteiger partial charge in [-0.1, -0.05) is 45.8 Å². The number of benzene rings is 3. The maximum absolute atomic E-state index is 13.1. The molecule has 1 aliphatic rings. The van der Waals surface area contributed by atoms with Gasteiger partial charge in [-0.15, -0.1) is 0 Å². The number of amides is 1. The number of likely N-dealkylation sites (N-methyl/N-ethyl adjacent to an activating group) is 1. The summed E-state index contributed by atoms with van der Waals surface area (Å²) in [5, 5.41) is 0.639. The van der Waals surface area contributed by atoms with Crippen molar-refractivity contribution in [1.82, 2.24) is 4.90 Å². The Morgan fingerprint density at radius 3 is 2.47 bits per heavy atom. The van der Waals surface area contributed by atoms with E-state index in [1.807, 2.05) is 61.5 Å². The maximum atomic E-state index is 13.1. The molecule has 0 radical (unpaired) electrons. The summed E-state index contributed by atoms with van der Waals surface area (Å²) >= 11 is 4.98. The van der Waals surface area contributed by atoms with E-state index in [1.54, 1.807) is 19.1 Å². The fourth-order valence-electron chi connectivity index (χ4n) is 3.68. The third-order valence-corrected chi connectivity index (χ3v) is 7.24. The second-order valence-electron chi connectivity index (χ2n) is 8.05. The van der Waals surface area contributed by atoms with Crippen LogP contribution in [-0.4, -0.2) is 36.7 Å². The Morgan fingerprint density at radius 2 is 1.81 bits per heavy atom. The van der Waals surface area contributed by atoms with Crippen molar-refractivity contribution in [3.8, 4) is 17.2 Å². The number of hydrogen-bond donors (Lipinski definition) is 0. The van der Waals surface area contributed by atoms with Gasteiger partial charge in [0, 0.05) is 11.0 Å². The van der Waals surface area contributed by atoms with Crippen LogP contribution in [0.1, 0.15) is 23.6 Å². The molecule has 1 aliphatic heterocycles. The number of amidine groups is 1. The highest BCUT2D eigenvalue weighted by atomic mass is 79.9. The predicted molar refractivity (Wildman–Crippen MR) is 149 cm³/mol. The molecule has 0 N–H and O–H groups in total. The first-order valence-electron chi connectivity index (χ1n) is 11.4. The third-order valence-electron chi connectivity index (χ3n) is 5.55. The van der Waals surface area contributed by atoms with E-state index in [1.165, 1.54) is 17.3 Å². The average molecular weight is 568 g/mol. The molecule has 186 valence electrons. The van der Waals surface area contributed by atoms with Gasteiger partial charge >= 0.3 is 0 Å². The molecule has 0 aromatic heterocycles. The molecule has 0 spiro atoms. The van der Waals surface area contributed by atoms with Gasteiger partial charge in [-0.2, -0.15) is 0 Å². The highest BCUT2D eigenvalue weighted by molar-refractivity contribution is 9.10. The van der Waals surface area contributed by atoms with Gasteiger partial charge < -0.3 is 14.2 Å². The first-order chi connectivity index (χ1) is 17.4. The van der Waals surface area contributed by atoms with Crippen molar-refractivity contribution < 1.29 is 19.0 Å². The topological polar surface area (TPSA) is 60.4 Å². The number of carbonyl (C=O) groups excluding carboxylic acids is 1. The molecule has 0 bridgehead atoms. The van der Waals surface area contributed by atoms with Crippen molar-refractivity contribution in [2.75, 3.05) is 20.8 Å². The van der Waals surface area contributed by atoms with Gasteiger partial charge in [-0.05, 0) is 79.2 Å². The predicted octanol–water partition coefficient (Wildman–Crippen LogP) is 6.98. The number of carbonyl (C=O) groups is 1. The lowest BCUT2D eigenvalue weighted by atomic mass is 10.1. The summed E-state index contributed by atoms with van der Waals surface area (Å²) in [7, 11) is 3.23. The Hall–Kier alpha value is -3.23. The molecule has 0 saturated carbocycles. The summed E-state index contributed by atoms with van der Waals surface area (Å²) in [6.07, 6.45) is 1.85. The van der Waals surface area contributed by atoms with Crippen molar-refractivity contribution in [2.24, 2.45) is 4.99 Å². The lowest BCUT2D eigenvalue weighted by Crippen LogP contribution is -2.28. The number of thioether (sulfide) groups is 1. The lowest BCUT2D eigenvalue weighted by molar-refractivity contribution is -0.122. The number of aryl methyl sites for hydroxylation is 1. The highest BCUT2D eigenvalue weighted by Crippen LogP contribution is 2.39. The Kier molecular flexibility index (Phi) is 8.38. The minimum Gasteiger partial charge on any atom is -0.497 e. The molecular weight excluding hydrogens is 540 g/mol. The van der Waals surface area contributed by atoms with E-state index in [4.69, 9.17) is 14.2 Å². The molecule has 3 aromatic carbocycles. The molecule has 1 heterocycles. The van der Waals surface area contributed by atoms with Gasteiger partial charge in [0.2, 0.25) is 0 Å². The monoisotopic (exact) mass is 566 g/mol. The molecule has 4 rings (SSSR count). The standard InChI is InChI=1S/C28H27BrN2O4S/c1-5-31-27(32)26(36-28(31)30-21-9-11-22(33-3)12-10-21)15-20-14-24(34-4)25(16-23(20)29)35-17-19-8-6-7-18(2)13-19/h6-16H,5,17H2,1-4H3/b26-15+,30-28?. The summed E-state index contributed by atoms with van der Waals surface area (Å²) in [4.78, 5) is 20.1. The van der Waals surface area contributed by atoms with Gasteiger partial charge in [-0.25, -0.2) is 4.99 Å². The molecule has 1 fully saturated rings. The SMILES string of the molecule is CCN1C(=O)/C(=C\c2cc(OC)c(OCc3cccc(C)c3)cc2Br)SC1=Nc1ccc(OC)cc1. The smallest absolute Gasteiger partial charge is 0.266 e. The Labute approximate surface area is 224 Å². The first-order valence-corrected chi connectivity index (χ1v) is 13.0. The normalized spacial score (nSPS) is 15.6. The van der Waals surface area contributed by atoms with E-state index >= 15 is 0 Å². The number of ether oxygens (including phenoxy) is 3. The van der Waals surface area contributed by atoms with Gasteiger partial charge in [0.05, 0.1) is 24.8 Å². The molecule has 36 heavy (non-hydrogen) atoms. The lowest BCUT2D eigenvalue weighted by Gasteiger charge is -2.13. The van der Waals surface area contributed by atoms with Crippen LogP contribution in [0.4, 0.5) is 5.69 Å². The van der Waals surface area contributed by atoms with Crippen LogP contribution in [0.15, 0.2) is 75.0 Å². The van der Waals surface area contributed by atoms with Crippen molar-refractivity contribution in [2.45, 2.75) is 20.5 Å². The molecule has 1 saturated heterocycles. The van der Waals surface area contributed by atoms with E-state index in [9.17, 15) is 4.79 Å². The van der Waals surface area contributed by atoms with Gasteiger partial charge in [0.1, 0.15) is 12.4 Å². The minimum absolute atomic E-state index is 0.0830. The summed E-state index contributed by atoms with van der Waals surface area (Å²) in [6, 6.07) is 19.3. The van der Waals surface area contributed by atoms with E-state index in [0.717, 1.165) is 27.0 Å². The number of halogens is 1. The second kappa shape index (κ2) is 11.7. The average Bonchev–Trinajstić information content (AvgIpc) is 3.17. The Bertz CT molecular complexity index is 1320. The van der Waals surface area contributed by atoms with Gasteiger partial charge in [-0.3, -0.25) is 9.69 Å². The summed E-state index contributed by atoms with van der Waals surface area (Å²) in [5.41, 5.74) is 3.83. The largest absolute Gasteiger partial charge is 0.497 e. The molecule has 6 nitrogen and oxygen atoms in total. The second-order valence-corrected chi connectivity index (χ2v) is 9.92. The summed E-state index contributed by atoms with van der Waals surface area (Å²) in [6.45, 7) is 4.94. The maximum Gasteiger partial charge on any atom is 0.266 e. The number of methoxy groups -OCH3 is 2. The zero-order valence-electron chi connectivity index (χ0n) is 20.6. The van der Waals surface area contributed by atoms with Crippen LogP contribution >= 0.6 is 27.7 Å². The molecule has 1 amide bonds. The van der Waals surface area contributed by atoms with Gasteiger partial charge in [0.25, 0.3) is 5.91 Å². The van der Waals surface area contributed by atoms with Crippen LogP contribution in [0.25, 0.3) is 6.08 Å². The third kappa shape index (κ3) is 5.94. The Morgan fingerprint density at radius 1 is 1.03 bits per heavy atom. The summed E-state index contributed by atoms with van der Waals surface area (Å²) < 4.78 is 17.7. The molecule has 0 aliphatic carbocycles. The van der Waals surface area contributed by atoms with Crippen LogP contribution in [0.2, 0.25) is 0 Å². The van der Waals surface area contributed by atoms with Crippen LogP contribution in [0, 0.1) is 6.92 Å². The van der Waals surface area contributed by atoms with E-state index in [-0.39, 0.29) is 5.91 Å². The zero-order chi connectivity index (χ0) is 25.7. The van der Waals surface area contributed by atoms with Crippen molar-refractivity contribution in [3.05, 3.63) is 86.7 Å². The highest BCUT2D eigenvalue weighted by Gasteiger charge is 2.32. The van der Waals surface area contributed by atoms with E-state index in [2.05, 4.69) is 40.0 Å².